The number of nitrogens with zero attached hydrogens (tertiary/aromatic N) is 2. The first-order valence-corrected chi connectivity index (χ1v) is 13.7. The van der Waals surface area contributed by atoms with Crippen LogP contribution in [0.15, 0.2) is 84.9 Å². The monoisotopic (exact) mass is 507 g/mol. The molecule has 1 atom stereocenters. The van der Waals surface area contributed by atoms with Crippen LogP contribution in [0.25, 0.3) is 0 Å². The van der Waals surface area contributed by atoms with Crippen LogP contribution in [0.3, 0.4) is 0 Å². The van der Waals surface area contributed by atoms with Crippen molar-refractivity contribution in [1.82, 2.24) is 10.2 Å². The maximum Gasteiger partial charge on any atom is 0.244 e. The molecule has 0 fully saturated rings. The lowest BCUT2D eigenvalue weighted by Crippen LogP contribution is -2.53. The van der Waals surface area contributed by atoms with Gasteiger partial charge in [-0.1, -0.05) is 78.9 Å². The van der Waals surface area contributed by atoms with Gasteiger partial charge in [-0.2, -0.15) is 0 Å². The Morgan fingerprint density at radius 2 is 1.42 bits per heavy atom. The Morgan fingerprint density at radius 1 is 0.861 bits per heavy atom. The molecular weight excluding hydrogens is 474 g/mol. The molecule has 7 nitrogen and oxygen atoms in total. The van der Waals surface area contributed by atoms with Crippen LogP contribution >= 0.6 is 0 Å². The molecule has 0 aliphatic heterocycles. The number of aryl methyl sites for hydroxylation is 1. The second-order valence-electron chi connectivity index (χ2n) is 8.66. The van der Waals surface area contributed by atoms with E-state index in [-0.39, 0.29) is 12.5 Å². The van der Waals surface area contributed by atoms with Crippen LogP contribution in [0.4, 0.5) is 5.69 Å². The van der Waals surface area contributed by atoms with Gasteiger partial charge in [0.2, 0.25) is 21.8 Å². The van der Waals surface area contributed by atoms with Gasteiger partial charge in [-0.25, -0.2) is 8.42 Å². The lowest BCUT2D eigenvalue weighted by molar-refractivity contribution is -0.140. The Bertz CT molecular complexity index is 1260. The largest absolute Gasteiger partial charge is 0.355 e. The first-order chi connectivity index (χ1) is 17.2. The summed E-state index contributed by atoms with van der Waals surface area (Å²) in [5.74, 6) is -0.743. The molecule has 0 saturated heterocycles. The molecular formula is C28H33N3O4S. The fourth-order valence-electron chi connectivity index (χ4n) is 4.06. The van der Waals surface area contributed by atoms with Crippen molar-refractivity contribution in [3.05, 3.63) is 102 Å². The Morgan fingerprint density at radius 3 is 1.97 bits per heavy atom. The lowest BCUT2D eigenvalue weighted by atomic mass is 10.0. The highest BCUT2D eigenvalue weighted by Crippen LogP contribution is 2.23. The lowest BCUT2D eigenvalue weighted by Gasteiger charge is -2.33. The Hall–Kier alpha value is -3.65. The highest BCUT2D eigenvalue weighted by atomic mass is 32.2. The molecule has 3 rings (SSSR count). The topological polar surface area (TPSA) is 86.8 Å². The second-order valence-corrected chi connectivity index (χ2v) is 10.6. The van der Waals surface area contributed by atoms with Gasteiger partial charge in [0.25, 0.3) is 0 Å². The smallest absolute Gasteiger partial charge is 0.244 e. The van der Waals surface area contributed by atoms with Gasteiger partial charge >= 0.3 is 0 Å². The third kappa shape index (κ3) is 7.18. The first-order valence-electron chi connectivity index (χ1n) is 11.9. The maximum absolute atomic E-state index is 13.9. The highest BCUT2D eigenvalue weighted by Gasteiger charge is 2.33. The van der Waals surface area contributed by atoms with Crippen molar-refractivity contribution < 1.29 is 18.0 Å². The van der Waals surface area contributed by atoms with Gasteiger partial charge in [-0.15, -0.1) is 0 Å². The van der Waals surface area contributed by atoms with Crippen molar-refractivity contribution >= 4 is 27.5 Å². The zero-order valence-electron chi connectivity index (χ0n) is 20.9. The Balaban J connectivity index is 2.03. The summed E-state index contributed by atoms with van der Waals surface area (Å²) in [6.07, 6.45) is 1.38. The summed E-state index contributed by atoms with van der Waals surface area (Å²) < 4.78 is 26.7. The molecule has 0 saturated carbocycles. The zero-order valence-corrected chi connectivity index (χ0v) is 21.7. The van der Waals surface area contributed by atoms with Crippen molar-refractivity contribution in [2.75, 3.05) is 23.7 Å². The number of carbonyl (C=O) groups excluding carboxylic acids is 2. The molecule has 0 unspecified atom stereocenters. The predicted octanol–water partition coefficient (Wildman–Crippen LogP) is 3.54. The minimum Gasteiger partial charge on any atom is -0.355 e. The van der Waals surface area contributed by atoms with Crippen LogP contribution in [-0.4, -0.2) is 50.5 Å². The molecule has 0 heterocycles. The number of amides is 2. The molecule has 0 aromatic heterocycles. The molecule has 2 amide bonds. The van der Waals surface area contributed by atoms with Crippen molar-refractivity contribution in [3.8, 4) is 0 Å². The van der Waals surface area contributed by atoms with Gasteiger partial charge in [0.1, 0.15) is 12.6 Å². The SMILES string of the molecule is CCNC(=O)[C@H](Cc1ccccc1)N(Cc1ccccc1)C(=O)CN(c1ccccc1C)S(C)(=O)=O. The van der Waals surface area contributed by atoms with E-state index >= 15 is 0 Å². The Labute approximate surface area is 213 Å². The molecule has 0 aliphatic rings. The first kappa shape index (κ1) is 26.9. The standard InChI is InChI=1S/C28H33N3O4S/c1-4-29-28(33)26(19-23-14-7-5-8-15-23)30(20-24-16-9-6-10-17-24)27(32)21-31(36(3,34)35)25-18-12-11-13-22(25)2/h5-18,26H,4,19-21H2,1-3H3,(H,29,33)/t26-/m0/s1. The van der Waals surface area contributed by atoms with Crippen molar-refractivity contribution in [2.24, 2.45) is 0 Å². The number of nitrogens with one attached hydrogen (secondary N) is 1. The average molecular weight is 508 g/mol. The molecule has 0 aliphatic carbocycles. The molecule has 0 bridgehead atoms. The van der Waals surface area contributed by atoms with Gasteiger partial charge in [-0.05, 0) is 36.6 Å². The average Bonchev–Trinajstić information content (AvgIpc) is 2.86. The van der Waals surface area contributed by atoms with Crippen LogP contribution in [0, 0.1) is 6.92 Å². The van der Waals surface area contributed by atoms with E-state index in [1.807, 2.05) is 73.7 Å². The van der Waals surface area contributed by atoms with Gasteiger partial charge < -0.3 is 10.2 Å². The molecule has 0 spiro atoms. The van der Waals surface area contributed by atoms with Crippen LogP contribution < -0.4 is 9.62 Å². The predicted molar refractivity (Wildman–Crippen MR) is 143 cm³/mol. The summed E-state index contributed by atoms with van der Waals surface area (Å²) in [6.45, 7) is 3.79. The maximum atomic E-state index is 13.9. The number of anilines is 1. The normalized spacial score (nSPS) is 12.0. The molecule has 3 aromatic rings. The van der Waals surface area contributed by atoms with E-state index in [2.05, 4.69) is 5.32 Å². The number of hydrogen-bond donors (Lipinski definition) is 1. The Kier molecular flexibility index (Phi) is 9.25. The van der Waals surface area contributed by atoms with E-state index in [9.17, 15) is 18.0 Å². The molecule has 0 radical (unpaired) electrons. The quantitative estimate of drug-likeness (QED) is 0.430. The number of likely N-dealkylation sites (N-methyl/N-ethyl adjacent to an activating group) is 1. The number of benzene rings is 3. The highest BCUT2D eigenvalue weighted by molar-refractivity contribution is 7.92. The number of carbonyl (C=O) groups is 2. The van der Waals surface area contributed by atoms with E-state index in [1.165, 1.54) is 4.90 Å². The fourth-order valence-corrected chi connectivity index (χ4v) is 4.97. The minimum absolute atomic E-state index is 0.166. The number of para-hydroxylation sites is 1. The van der Waals surface area contributed by atoms with Crippen LogP contribution in [-0.2, 0) is 32.6 Å². The summed E-state index contributed by atoms with van der Waals surface area (Å²) >= 11 is 0. The van der Waals surface area contributed by atoms with Crippen molar-refractivity contribution in [2.45, 2.75) is 32.9 Å². The minimum atomic E-state index is -3.77. The van der Waals surface area contributed by atoms with E-state index in [4.69, 9.17) is 0 Å². The second kappa shape index (κ2) is 12.4. The summed E-state index contributed by atoms with van der Waals surface area (Å²) in [7, 11) is -3.77. The van der Waals surface area contributed by atoms with Crippen LogP contribution in [0.5, 0.6) is 0 Å². The number of rotatable bonds is 11. The summed E-state index contributed by atoms with van der Waals surface area (Å²) in [6, 6.07) is 25.1. The summed E-state index contributed by atoms with van der Waals surface area (Å²) in [5, 5.41) is 2.85. The van der Waals surface area contributed by atoms with Gasteiger partial charge in [0, 0.05) is 19.5 Å². The van der Waals surface area contributed by atoms with Gasteiger partial charge in [0.05, 0.1) is 11.9 Å². The van der Waals surface area contributed by atoms with Gasteiger partial charge in [-0.3, -0.25) is 13.9 Å². The number of sulfonamides is 1. The van der Waals surface area contributed by atoms with E-state index in [1.54, 1.807) is 25.1 Å². The molecule has 190 valence electrons. The van der Waals surface area contributed by atoms with Crippen molar-refractivity contribution in [3.63, 3.8) is 0 Å². The van der Waals surface area contributed by atoms with E-state index in [0.717, 1.165) is 27.3 Å². The summed E-state index contributed by atoms with van der Waals surface area (Å²) in [4.78, 5) is 28.6. The van der Waals surface area contributed by atoms with E-state index < -0.39 is 28.5 Å². The zero-order chi connectivity index (χ0) is 26.1. The molecule has 8 heteroatoms. The third-order valence-corrected chi connectivity index (χ3v) is 7.01. The fraction of sp³-hybridized carbons (Fsp3) is 0.286. The van der Waals surface area contributed by atoms with Crippen LogP contribution in [0.1, 0.15) is 23.6 Å². The summed E-state index contributed by atoms with van der Waals surface area (Å²) in [5.41, 5.74) is 2.91. The van der Waals surface area contributed by atoms with Crippen molar-refractivity contribution in [1.29, 1.82) is 0 Å². The third-order valence-electron chi connectivity index (χ3n) is 5.88. The number of hydrogen-bond acceptors (Lipinski definition) is 4. The molecule has 1 N–H and O–H groups in total. The molecule has 3 aromatic carbocycles. The van der Waals surface area contributed by atoms with Gasteiger partial charge in [0.15, 0.2) is 0 Å². The molecule has 36 heavy (non-hydrogen) atoms. The van der Waals surface area contributed by atoms with Crippen LogP contribution in [0.2, 0.25) is 0 Å². The van der Waals surface area contributed by atoms with E-state index in [0.29, 0.717) is 18.7 Å².